The third-order valence-electron chi connectivity index (χ3n) is 2.95. The molecule has 2 rings (SSSR count). The Kier molecular flexibility index (Phi) is 3.36. The first-order valence-corrected chi connectivity index (χ1v) is 5.45. The Morgan fingerprint density at radius 3 is 2.73 bits per heavy atom. The van der Waals surface area contributed by atoms with E-state index in [1.807, 2.05) is 18.2 Å². The number of likely N-dealkylation sites (tertiary alicyclic amines) is 1. The van der Waals surface area contributed by atoms with E-state index in [2.05, 4.69) is 17.0 Å². The molecule has 1 unspecified atom stereocenters. The zero-order valence-electron chi connectivity index (χ0n) is 8.84. The van der Waals surface area contributed by atoms with Crippen molar-refractivity contribution in [2.75, 3.05) is 13.1 Å². The topological polar surface area (TPSA) is 49.5 Å². The maximum Gasteiger partial charge on any atom is 0.0715 e. The van der Waals surface area contributed by atoms with E-state index < -0.39 is 0 Å². The highest BCUT2D eigenvalue weighted by molar-refractivity contribution is 5.14. The van der Waals surface area contributed by atoms with Gasteiger partial charge in [0.25, 0.3) is 0 Å². The van der Waals surface area contributed by atoms with Gasteiger partial charge in [0.05, 0.1) is 6.10 Å². The quantitative estimate of drug-likeness (QED) is 0.744. The summed E-state index contributed by atoms with van der Waals surface area (Å²) in [7, 11) is 0. The van der Waals surface area contributed by atoms with Crippen LogP contribution in [0.3, 0.4) is 0 Å². The molecule has 1 aliphatic heterocycles. The number of nitrogens with two attached hydrogens (primary N) is 1. The number of nitrogens with zero attached hydrogens (tertiary/aromatic N) is 1. The molecular weight excluding hydrogens is 188 g/mol. The molecule has 1 saturated heterocycles. The molecule has 0 radical (unpaired) electrons. The lowest BCUT2D eigenvalue weighted by Crippen LogP contribution is -2.50. The molecule has 0 bridgehead atoms. The SMILES string of the molecule is N[C@H]1CN(Cc2ccccc2)CCC1O. The lowest BCUT2D eigenvalue weighted by molar-refractivity contribution is 0.0594. The predicted octanol–water partition coefficient (Wildman–Crippen LogP) is 0.580. The summed E-state index contributed by atoms with van der Waals surface area (Å²) < 4.78 is 0. The van der Waals surface area contributed by atoms with Crippen LogP contribution in [0.2, 0.25) is 0 Å². The van der Waals surface area contributed by atoms with Gasteiger partial charge in [-0.25, -0.2) is 0 Å². The Balaban J connectivity index is 1.91. The number of benzene rings is 1. The fourth-order valence-electron chi connectivity index (χ4n) is 2.03. The molecule has 3 nitrogen and oxygen atoms in total. The summed E-state index contributed by atoms with van der Waals surface area (Å²) in [6, 6.07) is 10.3. The molecule has 2 atom stereocenters. The Morgan fingerprint density at radius 1 is 1.33 bits per heavy atom. The van der Waals surface area contributed by atoms with Crippen LogP contribution in [-0.4, -0.2) is 35.2 Å². The normalized spacial score (nSPS) is 27.9. The van der Waals surface area contributed by atoms with E-state index in [1.165, 1.54) is 5.56 Å². The molecule has 1 aromatic carbocycles. The molecule has 0 aliphatic carbocycles. The molecule has 3 heteroatoms. The van der Waals surface area contributed by atoms with E-state index in [0.29, 0.717) is 0 Å². The molecule has 1 aromatic rings. The summed E-state index contributed by atoms with van der Waals surface area (Å²) in [5.41, 5.74) is 7.14. The first-order chi connectivity index (χ1) is 7.25. The Bertz CT molecular complexity index is 302. The zero-order valence-corrected chi connectivity index (χ0v) is 8.84. The third kappa shape index (κ3) is 2.78. The van der Waals surface area contributed by atoms with Crippen LogP contribution in [0.15, 0.2) is 30.3 Å². The van der Waals surface area contributed by atoms with E-state index in [-0.39, 0.29) is 12.1 Å². The number of hydrogen-bond donors (Lipinski definition) is 2. The van der Waals surface area contributed by atoms with Crippen molar-refractivity contribution >= 4 is 0 Å². The van der Waals surface area contributed by atoms with E-state index in [0.717, 1.165) is 26.1 Å². The molecule has 0 aromatic heterocycles. The van der Waals surface area contributed by atoms with Gasteiger partial charge in [-0.15, -0.1) is 0 Å². The van der Waals surface area contributed by atoms with Gasteiger partial charge in [-0.1, -0.05) is 30.3 Å². The summed E-state index contributed by atoms with van der Waals surface area (Å²) in [6.45, 7) is 2.65. The molecule has 0 amide bonds. The highest BCUT2D eigenvalue weighted by atomic mass is 16.3. The molecule has 15 heavy (non-hydrogen) atoms. The molecule has 0 spiro atoms. The Hall–Kier alpha value is -0.900. The van der Waals surface area contributed by atoms with Crippen LogP contribution in [0.4, 0.5) is 0 Å². The standard InChI is InChI=1S/C12H18N2O/c13-11-9-14(7-6-12(11)15)8-10-4-2-1-3-5-10/h1-5,11-12,15H,6-9,13H2/t11-,12?/m0/s1. The molecule has 1 heterocycles. The van der Waals surface area contributed by atoms with Gasteiger partial charge in [-0.2, -0.15) is 0 Å². The van der Waals surface area contributed by atoms with Gasteiger partial charge in [0, 0.05) is 25.7 Å². The fraction of sp³-hybridized carbons (Fsp3) is 0.500. The maximum atomic E-state index is 9.51. The Morgan fingerprint density at radius 2 is 2.07 bits per heavy atom. The summed E-state index contributed by atoms with van der Waals surface area (Å²) >= 11 is 0. The second kappa shape index (κ2) is 4.75. The van der Waals surface area contributed by atoms with Gasteiger partial charge in [-0.05, 0) is 12.0 Å². The minimum Gasteiger partial charge on any atom is -0.391 e. The van der Waals surface area contributed by atoms with Crippen molar-refractivity contribution in [1.82, 2.24) is 4.90 Å². The third-order valence-corrected chi connectivity index (χ3v) is 2.95. The Labute approximate surface area is 90.5 Å². The first-order valence-electron chi connectivity index (χ1n) is 5.45. The van der Waals surface area contributed by atoms with Crippen molar-refractivity contribution in [3.05, 3.63) is 35.9 Å². The minimum atomic E-state index is -0.322. The van der Waals surface area contributed by atoms with E-state index in [1.54, 1.807) is 0 Å². The number of hydrogen-bond acceptors (Lipinski definition) is 3. The molecule has 82 valence electrons. The second-order valence-corrected chi connectivity index (χ2v) is 4.24. The van der Waals surface area contributed by atoms with Crippen LogP contribution in [0.5, 0.6) is 0 Å². The number of piperidine rings is 1. The van der Waals surface area contributed by atoms with Crippen molar-refractivity contribution < 1.29 is 5.11 Å². The molecule has 1 fully saturated rings. The molecule has 3 N–H and O–H groups in total. The van der Waals surface area contributed by atoms with Gasteiger partial charge in [-0.3, -0.25) is 4.90 Å². The number of aliphatic hydroxyl groups excluding tert-OH is 1. The zero-order chi connectivity index (χ0) is 10.7. The first kappa shape index (κ1) is 10.6. The summed E-state index contributed by atoms with van der Waals surface area (Å²) in [5, 5.41) is 9.51. The summed E-state index contributed by atoms with van der Waals surface area (Å²) in [5.74, 6) is 0. The van der Waals surface area contributed by atoms with Crippen LogP contribution < -0.4 is 5.73 Å². The van der Waals surface area contributed by atoms with E-state index in [9.17, 15) is 5.11 Å². The van der Waals surface area contributed by atoms with Crippen LogP contribution in [0.1, 0.15) is 12.0 Å². The van der Waals surface area contributed by atoms with Crippen molar-refractivity contribution in [2.45, 2.75) is 25.1 Å². The highest BCUT2D eigenvalue weighted by Gasteiger charge is 2.24. The van der Waals surface area contributed by atoms with Gasteiger partial charge >= 0.3 is 0 Å². The lowest BCUT2D eigenvalue weighted by atomic mass is 10.0. The largest absolute Gasteiger partial charge is 0.391 e. The van der Waals surface area contributed by atoms with Gasteiger partial charge in [0.2, 0.25) is 0 Å². The van der Waals surface area contributed by atoms with Gasteiger partial charge in [0.15, 0.2) is 0 Å². The van der Waals surface area contributed by atoms with Gasteiger partial charge in [0.1, 0.15) is 0 Å². The van der Waals surface area contributed by atoms with Crippen LogP contribution in [0.25, 0.3) is 0 Å². The predicted molar refractivity (Wildman–Crippen MR) is 60.3 cm³/mol. The fourth-order valence-corrected chi connectivity index (χ4v) is 2.03. The van der Waals surface area contributed by atoms with Crippen molar-refractivity contribution in [2.24, 2.45) is 5.73 Å². The average Bonchev–Trinajstić information content (AvgIpc) is 2.25. The number of aliphatic hydroxyl groups is 1. The molecular formula is C12H18N2O. The molecule has 1 aliphatic rings. The van der Waals surface area contributed by atoms with Crippen molar-refractivity contribution in [3.8, 4) is 0 Å². The van der Waals surface area contributed by atoms with Gasteiger partial charge < -0.3 is 10.8 Å². The minimum absolute atomic E-state index is 0.0949. The lowest BCUT2D eigenvalue weighted by Gasteiger charge is -2.34. The smallest absolute Gasteiger partial charge is 0.0715 e. The summed E-state index contributed by atoms with van der Waals surface area (Å²) in [4.78, 5) is 2.30. The summed E-state index contributed by atoms with van der Waals surface area (Å²) in [6.07, 6.45) is 0.464. The monoisotopic (exact) mass is 206 g/mol. The van der Waals surface area contributed by atoms with Crippen LogP contribution >= 0.6 is 0 Å². The average molecular weight is 206 g/mol. The second-order valence-electron chi connectivity index (χ2n) is 4.24. The maximum absolute atomic E-state index is 9.51. The molecule has 0 saturated carbocycles. The van der Waals surface area contributed by atoms with Crippen LogP contribution in [0, 0.1) is 0 Å². The van der Waals surface area contributed by atoms with Crippen LogP contribution in [-0.2, 0) is 6.54 Å². The van der Waals surface area contributed by atoms with E-state index >= 15 is 0 Å². The highest BCUT2D eigenvalue weighted by Crippen LogP contribution is 2.12. The number of rotatable bonds is 2. The van der Waals surface area contributed by atoms with Crippen molar-refractivity contribution in [3.63, 3.8) is 0 Å². The van der Waals surface area contributed by atoms with E-state index in [4.69, 9.17) is 5.73 Å². The van der Waals surface area contributed by atoms with Crippen molar-refractivity contribution in [1.29, 1.82) is 0 Å².